The van der Waals surface area contributed by atoms with Crippen LogP contribution >= 0.6 is 11.6 Å². The van der Waals surface area contributed by atoms with E-state index < -0.39 is 10.5 Å². The lowest BCUT2D eigenvalue weighted by molar-refractivity contribution is -0.711. The van der Waals surface area contributed by atoms with Crippen molar-refractivity contribution in [3.63, 3.8) is 0 Å². The zero-order chi connectivity index (χ0) is 10.6. The third-order valence-corrected chi connectivity index (χ3v) is 1.29. The van der Waals surface area contributed by atoms with Gasteiger partial charge < -0.3 is 4.74 Å². The Morgan fingerprint density at radius 1 is 1.36 bits per heavy atom. The lowest BCUT2D eigenvalue weighted by atomic mass is 10.3. The van der Waals surface area contributed by atoms with Crippen LogP contribution in [0.3, 0.4) is 0 Å². The summed E-state index contributed by atoms with van der Waals surface area (Å²) < 4.78 is 4.44. The highest BCUT2D eigenvalue weighted by Gasteiger charge is 2.09. The number of para-hydroxylation sites is 2. The van der Waals surface area contributed by atoms with E-state index in [0.717, 1.165) is 0 Å². The summed E-state index contributed by atoms with van der Waals surface area (Å²) in [6, 6.07) is 5.60. The molecule has 0 amide bonds. The van der Waals surface area contributed by atoms with Gasteiger partial charge in [0.05, 0.1) is 0 Å². The van der Waals surface area contributed by atoms with Gasteiger partial charge in [-0.1, -0.05) is 12.1 Å². The minimum Gasteiger partial charge on any atom is -0.412 e. The minimum atomic E-state index is -1.09. The van der Waals surface area contributed by atoms with Crippen LogP contribution in [0, 0.1) is 10.1 Å². The molecule has 0 atom stereocenters. The molecule has 0 bridgehead atoms. The molecule has 0 aliphatic heterocycles. The molecule has 0 spiro atoms. The normalized spacial score (nSPS) is 9.21. The van der Waals surface area contributed by atoms with Crippen LogP contribution in [0.1, 0.15) is 0 Å². The van der Waals surface area contributed by atoms with Crippen LogP contribution in [0.5, 0.6) is 11.5 Å². The summed E-state index contributed by atoms with van der Waals surface area (Å²) in [5.41, 5.74) is -1.09. The average molecular weight is 218 g/mol. The molecule has 1 aromatic rings. The van der Waals surface area contributed by atoms with Crippen molar-refractivity contribution in [1.29, 1.82) is 0 Å². The van der Waals surface area contributed by atoms with Gasteiger partial charge in [0.15, 0.2) is 11.5 Å². The molecule has 0 saturated heterocycles. The Bertz CT molecular complexity index is 332. The van der Waals surface area contributed by atoms with Gasteiger partial charge in [0.1, 0.15) is 0 Å². The van der Waals surface area contributed by atoms with Crippen LogP contribution in [0.2, 0.25) is 0 Å². The van der Waals surface area contributed by atoms with E-state index in [-0.39, 0.29) is 11.5 Å². The molecule has 0 aromatic heterocycles. The largest absolute Gasteiger partial charge is 0.412 e. The van der Waals surface area contributed by atoms with E-state index in [4.69, 9.17) is 11.6 Å². The molecule has 0 saturated carbocycles. The summed E-state index contributed by atoms with van der Waals surface area (Å²) in [6.07, 6.45) is 0. The maximum absolute atomic E-state index is 10.4. The number of rotatable bonds is 3. The van der Waals surface area contributed by atoms with Crippen molar-refractivity contribution in [1.82, 2.24) is 0 Å². The third-order valence-electron chi connectivity index (χ3n) is 1.21. The number of hydrogen-bond acceptors (Lipinski definition) is 5. The Labute approximate surface area is 83.1 Å². The van der Waals surface area contributed by atoms with Crippen molar-refractivity contribution in [3.05, 3.63) is 34.4 Å². The smallest absolute Gasteiger partial charge is 0.409 e. The van der Waals surface area contributed by atoms with Crippen LogP contribution < -0.4 is 9.57 Å². The zero-order valence-electron chi connectivity index (χ0n) is 6.68. The number of ether oxygens (including phenoxy) is 1. The van der Waals surface area contributed by atoms with Crippen molar-refractivity contribution < 1.29 is 19.5 Å². The molecule has 0 heterocycles. The van der Waals surface area contributed by atoms with Crippen LogP contribution in [-0.2, 0) is 0 Å². The fourth-order valence-corrected chi connectivity index (χ4v) is 0.860. The van der Waals surface area contributed by atoms with Crippen molar-refractivity contribution in [2.24, 2.45) is 0 Å². The van der Waals surface area contributed by atoms with E-state index in [2.05, 4.69) is 9.57 Å². The molecule has 6 nitrogen and oxygen atoms in total. The van der Waals surface area contributed by atoms with E-state index in [1.165, 1.54) is 24.3 Å². The number of halogens is 1. The van der Waals surface area contributed by atoms with Gasteiger partial charge in [0.25, 0.3) is 5.09 Å². The van der Waals surface area contributed by atoms with E-state index in [0.29, 0.717) is 0 Å². The quantitative estimate of drug-likeness (QED) is 0.439. The summed E-state index contributed by atoms with van der Waals surface area (Å²) in [5.74, 6) is -0.296. The first-order valence-electron chi connectivity index (χ1n) is 3.38. The van der Waals surface area contributed by atoms with Crippen molar-refractivity contribution in [2.45, 2.75) is 0 Å². The van der Waals surface area contributed by atoms with Gasteiger partial charge in [-0.15, -0.1) is 10.1 Å². The summed E-state index contributed by atoms with van der Waals surface area (Å²) >= 11 is 4.93. The molecule has 0 unspecified atom stereocenters. The molecular weight excluding hydrogens is 214 g/mol. The zero-order valence-corrected chi connectivity index (χ0v) is 7.43. The maximum atomic E-state index is 10.4. The van der Waals surface area contributed by atoms with Gasteiger partial charge in [-0.2, -0.15) is 0 Å². The standard InChI is InChI=1S/C7H4ClNO5/c8-7(10)13-5-3-1-2-4-6(5)14-9(11)12/h1-4H. The SMILES string of the molecule is O=C(Cl)Oc1ccccc1O[N+](=O)[O-]. The van der Waals surface area contributed by atoms with E-state index >= 15 is 0 Å². The summed E-state index contributed by atoms with van der Waals surface area (Å²) in [4.78, 5) is 24.5. The first kappa shape index (κ1) is 10.3. The van der Waals surface area contributed by atoms with Gasteiger partial charge in [0, 0.05) is 11.6 Å². The number of carbonyl (C=O) groups is 1. The first-order valence-corrected chi connectivity index (χ1v) is 3.76. The first-order chi connectivity index (χ1) is 6.59. The van der Waals surface area contributed by atoms with Crippen LogP contribution in [0.25, 0.3) is 0 Å². The summed E-state index contributed by atoms with van der Waals surface area (Å²) in [7, 11) is 0. The number of hydrogen-bond donors (Lipinski definition) is 0. The van der Waals surface area contributed by atoms with Gasteiger partial charge in [-0.3, -0.25) is 4.84 Å². The molecule has 1 aromatic carbocycles. The highest BCUT2D eigenvalue weighted by atomic mass is 35.5. The molecule has 74 valence electrons. The predicted molar refractivity (Wildman–Crippen MR) is 45.9 cm³/mol. The number of benzene rings is 1. The molecule has 1 rings (SSSR count). The number of nitrogens with zero attached hydrogens (tertiary/aromatic N) is 1. The molecule has 0 aliphatic carbocycles. The highest BCUT2D eigenvalue weighted by molar-refractivity contribution is 6.61. The fraction of sp³-hybridized carbons (Fsp3) is 0. The predicted octanol–water partition coefficient (Wildman–Crippen LogP) is 1.99. The van der Waals surface area contributed by atoms with E-state index in [9.17, 15) is 14.9 Å². The van der Waals surface area contributed by atoms with Crippen LogP contribution in [0.15, 0.2) is 24.3 Å². The van der Waals surface area contributed by atoms with Gasteiger partial charge in [-0.05, 0) is 12.1 Å². The van der Waals surface area contributed by atoms with E-state index in [1.54, 1.807) is 0 Å². The molecule has 0 radical (unpaired) electrons. The summed E-state index contributed by atoms with van der Waals surface area (Å²) in [6.45, 7) is 0. The third kappa shape index (κ3) is 2.91. The second-order valence-electron chi connectivity index (χ2n) is 2.10. The van der Waals surface area contributed by atoms with Crippen LogP contribution in [-0.4, -0.2) is 10.5 Å². The minimum absolute atomic E-state index is 0.107. The van der Waals surface area contributed by atoms with E-state index in [1.807, 2.05) is 0 Å². The lowest BCUT2D eigenvalue weighted by Crippen LogP contribution is -2.06. The molecule has 0 fully saturated rings. The molecule has 14 heavy (non-hydrogen) atoms. The van der Waals surface area contributed by atoms with Crippen LogP contribution in [0.4, 0.5) is 4.79 Å². The van der Waals surface area contributed by atoms with Crippen molar-refractivity contribution in [3.8, 4) is 11.5 Å². The molecule has 0 aliphatic rings. The lowest BCUT2D eigenvalue weighted by Gasteiger charge is -2.04. The number of carbonyl (C=O) groups excluding carboxylic acids is 1. The average Bonchev–Trinajstić information content (AvgIpc) is 2.06. The summed E-state index contributed by atoms with van der Waals surface area (Å²) in [5, 5.41) is 9.00. The van der Waals surface area contributed by atoms with Crippen molar-refractivity contribution in [2.75, 3.05) is 0 Å². The second kappa shape index (κ2) is 4.43. The molecule has 0 N–H and O–H groups in total. The highest BCUT2D eigenvalue weighted by Crippen LogP contribution is 2.26. The van der Waals surface area contributed by atoms with Gasteiger partial charge in [0.2, 0.25) is 0 Å². The van der Waals surface area contributed by atoms with Gasteiger partial charge in [-0.25, -0.2) is 4.79 Å². The topological polar surface area (TPSA) is 78.7 Å². The Hall–Kier alpha value is -1.82. The van der Waals surface area contributed by atoms with Crippen molar-refractivity contribution >= 4 is 17.0 Å². The molecule has 7 heteroatoms. The Morgan fingerprint density at radius 3 is 2.43 bits per heavy atom. The molecular formula is C7H4ClNO5. The Morgan fingerprint density at radius 2 is 1.93 bits per heavy atom. The fourth-order valence-electron chi connectivity index (χ4n) is 0.777. The second-order valence-corrected chi connectivity index (χ2v) is 2.41. The Kier molecular flexibility index (Phi) is 3.24. The maximum Gasteiger partial charge on any atom is 0.409 e. The van der Waals surface area contributed by atoms with Gasteiger partial charge >= 0.3 is 5.43 Å². The monoisotopic (exact) mass is 217 g/mol. The Balaban J connectivity index is 2.90.